The molecule has 2 saturated carbocycles. The number of hydrogen-bond acceptors (Lipinski definition) is 2. The maximum Gasteiger partial charge on any atom is 0.203 e. The molecule has 0 aromatic carbocycles. The van der Waals surface area contributed by atoms with Gasteiger partial charge in [0.15, 0.2) is 11.6 Å². The maximum absolute atomic E-state index is 13.9. The highest BCUT2D eigenvalue weighted by Crippen LogP contribution is 2.41. The van der Waals surface area contributed by atoms with Gasteiger partial charge in [0, 0.05) is 0 Å². The summed E-state index contributed by atoms with van der Waals surface area (Å²) in [6.07, 6.45) is 12.3. The molecule has 0 atom stereocenters. The van der Waals surface area contributed by atoms with Gasteiger partial charge < -0.3 is 9.47 Å². The summed E-state index contributed by atoms with van der Waals surface area (Å²) < 4.78 is 38.0. The average molecular weight is 369 g/mol. The van der Waals surface area contributed by atoms with Crippen LogP contribution in [0.5, 0.6) is 0 Å². The Kier molecular flexibility index (Phi) is 8.67. The Bertz CT molecular complexity index is 496. The van der Waals surface area contributed by atoms with Crippen LogP contribution >= 0.6 is 0 Å². The van der Waals surface area contributed by atoms with Gasteiger partial charge in [-0.25, -0.2) is 4.39 Å². The van der Waals surface area contributed by atoms with Gasteiger partial charge in [-0.05, 0) is 75.2 Å². The van der Waals surface area contributed by atoms with Crippen molar-refractivity contribution in [3.63, 3.8) is 0 Å². The van der Waals surface area contributed by atoms with Crippen molar-refractivity contribution >= 4 is 0 Å². The molecule has 0 aromatic rings. The van der Waals surface area contributed by atoms with E-state index in [-0.39, 0.29) is 12.4 Å². The molecule has 2 rings (SSSR count). The van der Waals surface area contributed by atoms with E-state index in [4.69, 9.17) is 9.47 Å². The molecule has 0 unspecified atom stereocenters. The molecule has 26 heavy (non-hydrogen) atoms. The second-order valence-electron chi connectivity index (χ2n) is 7.92. The fraction of sp³-hybridized carbons (Fsp3) is 0.727. The molecule has 0 radical (unpaired) electrons. The Morgan fingerprint density at radius 2 is 1.58 bits per heavy atom. The van der Waals surface area contributed by atoms with E-state index in [1.807, 2.05) is 0 Å². The van der Waals surface area contributed by atoms with E-state index in [1.54, 1.807) is 6.92 Å². The minimum absolute atomic E-state index is 0.188. The Hall–Kier alpha value is -1.32. The quantitative estimate of drug-likeness (QED) is 0.344. The van der Waals surface area contributed by atoms with Gasteiger partial charge in [-0.1, -0.05) is 26.3 Å². The van der Waals surface area contributed by atoms with Crippen LogP contribution in [0.1, 0.15) is 65.2 Å². The molecule has 0 heterocycles. The van der Waals surface area contributed by atoms with Crippen LogP contribution in [-0.2, 0) is 9.47 Å². The number of allylic oxidation sites excluding steroid dienone is 3. The SMILES string of the molecule is C=C/C(OCC)=C(F)\C(F)=C\OCC1CCC(C2CCC(C)CC2)CC1. The average Bonchev–Trinajstić information content (AvgIpc) is 2.66. The molecule has 0 N–H and O–H groups in total. The van der Waals surface area contributed by atoms with Crippen LogP contribution in [0.15, 0.2) is 36.3 Å². The maximum atomic E-state index is 13.9. The van der Waals surface area contributed by atoms with E-state index in [0.717, 1.165) is 36.9 Å². The first kappa shape index (κ1) is 21.0. The van der Waals surface area contributed by atoms with Gasteiger partial charge in [0.2, 0.25) is 5.83 Å². The van der Waals surface area contributed by atoms with Crippen molar-refractivity contribution in [2.45, 2.75) is 65.2 Å². The smallest absolute Gasteiger partial charge is 0.203 e. The Labute approximate surface area is 157 Å². The molecule has 0 aliphatic heterocycles. The monoisotopic (exact) mass is 368 g/mol. The van der Waals surface area contributed by atoms with Crippen LogP contribution in [0.4, 0.5) is 8.78 Å². The highest BCUT2D eigenvalue weighted by molar-refractivity contribution is 5.26. The Morgan fingerprint density at radius 3 is 2.12 bits per heavy atom. The first-order chi connectivity index (χ1) is 12.5. The lowest BCUT2D eigenvalue weighted by Crippen LogP contribution is -2.26. The van der Waals surface area contributed by atoms with E-state index in [9.17, 15) is 8.78 Å². The molecular formula is C22H34F2O2. The van der Waals surface area contributed by atoms with Gasteiger partial charge in [-0.15, -0.1) is 0 Å². The second-order valence-corrected chi connectivity index (χ2v) is 7.92. The highest BCUT2D eigenvalue weighted by atomic mass is 19.2. The van der Waals surface area contributed by atoms with Gasteiger partial charge in [0.1, 0.15) is 6.26 Å². The van der Waals surface area contributed by atoms with Crippen molar-refractivity contribution in [3.8, 4) is 0 Å². The first-order valence-corrected chi connectivity index (χ1v) is 10.2. The van der Waals surface area contributed by atoms with Gasteiger partial charge in [-0.3, -0.25) is 0 Å². The molecule has 0 bridgehead atoms. The zero-order valence-electron chi connectivity index (χ0n) is 16.3. The minimum Gasteiger partial charge on any atom is -0.498 e. The Balaban J connectivity index is 1.73. The minimum atomic E-state index is -1.06. The molecule has 0 amide bonds. The third-order valence-electron chi connectivity index (χ3n) is 6.05. The number of rotatable bonds is 8. The second kappa shape index (κ2) is 10.7. The first-order valence-electron chi connectivity index (χ1n) is 10.2. The lowest BCUT2D eigenvalue weighted by molar-refractivity contribution is 0.109. The van der Waals surface area contributed by atoms with Crippen molar-refractivity contribution < 1.29 is 18.3 Å². The Morgan fingerprint density at radius 1 is 1.00 bits per heavy atom. The molecule has 0 spiro atoms. The largest absolute Gasteiger partial charge is 0.498 e. The number of ether oxygens (including phenoxy) is 2. The summed E-state index contributed by atoms with van der Waals surface area (Å²) in [5, 5.41) is 0. The molecular weight excluding hydrogens is 334 g/mol. The van der Waals surface area contributed by atoms with E-state index >= 15 is 0 Å². The highest BCUT2D eigenvalue weighted by Gasteiger charge is 2.30. The molecule has 2 nitrogen and oxygen atoms in total. The molecule has 0 aromatic heterocycles. The van der Waals surface area contributed by atoms with Gasteiger partial charge in [0.25, 0.3) is 0 Å². The van der Waals surface area contributed by atoms with Crippen molar-refractivity contribution in [3.05, 3.63) is 36.3 Å². The molecule has 148 valence electrons. The summed E-state index contributed by atoms with van der Waals surface area (Å²) >= 11 is 0. The van der Waals surface area contributed by atoms with Crippen LogP contribution in [0.2, 0.25) is 0 Å². The molecule has 2 aliphatic carbocycles. The third-order valence-corrected chi connectivity index (χ3v) is 6.05. The van der Waals surface area contributed by atoms with E-state index in [0.29, 0.717) is 12.5 Å². The van der Waals surface area contributed by atoms with Crippen LogP contribution in [-0.4, -0.2) is 13.2 Å². The lowest BCUT2D eigenvalue weighted by atomic mass is 9.69. The van der Waals surface area contributed by atoms with Crippen molar-refractivity contribution in [2.75, 3.05) is 13.2 Å². The predicted molar refractivity (Wildman–Crippen MR) is 102 cm³/mol. The van der Waals surface area contributed by atoms with Crippen LogP contribution in [0, 0.1) is 23.7 Å². The van der Waals surface area contributed by atoms with E-state index < -0.39 is 11.7 Å². The van der Waals surface area contributed by atoms with Gasteiger partial charge >= 0.3 is 0 Å². The fourth-order valence-electron chi connectivity index (χ4n) is 4.38. The molecule has 2 aliphatic rings. The molecule has 0 saturated heterocycles. The van der Waals surface area contributed by atoms with E-state index in [2.05, 4.69) is 13.5 Å². The van der Waals surface area contributed by atoms with Crippen molar-refractivity contribution in [1.29, 1.82) is 0 Å². The summed E-state index contributed by atoms with van der Waals surface area (Å²) in [5.74, 6) is 0.808. The predicted octanol–water partition coefficient (Wildman–Crippen LogP) is 6.85. The van der Waals surface area contributed by atoms with Gasteiger partial charge in [0.05, 0.1) is 13.2 Å². The van der Waals surface area contributed by atoms with Crippen LogP contribution in [0.3, 0.4) is 0 Å². The standard InChI is InChI=1S/C22H34F2O2/c1-4-21(26-5-2)22(24)20(23)15-25-14-17-8-12-19(13-9-17)18-10-6-16(3)7-11-18/h4,15-19H,1,5-14H2,2-3H3/b20-15-,22-21-. The zero-order chi connectivity index (χ0) is 18.9. The normalized spacial score (nSPS) is 31.2. The molecule has 4 heteroatoms. The number of halogens is 2. The van der Waals surface area contributed by atoms with E-state index in [1.165, 1.54) is 44.6 Å². The van der Waals surface area contributed by atoms with Crippen molar-refractivity contribution in [2.24, 2.45) is 23.7 Å². The lowest BCUT2D eigenvalue weighted by Gasteiger charge is -2.37. The summed E-state index contributed by atoms with van der Waals surface area (Å²) in [6.45, 7) is 8.21. The van der Waals surface area contributed by atoms with Gasteiger partial charge in [-0.2, -0.15) is 4.39 Å². The summed E-state index contributed by atoms with van der Waals surface area (Å²) in [7, 11) is 0. The topological polar surface area (TPSA) is 18.5 Å². The number of hydrogen-bond donors (Lipinski definition) is 0. The summed E-state index contributed by atoms with van der Waals surface area (Å²) in [5.41, 5.74) is 0. The fourth-order valence-corrected chi connectivity index (χ4v) is 4.38. The van der Waals surface area contributed by atoms with Crippen LogP contribution < -0.4 is 0 Å². The van der Waals surface area contributed by atoms with Crippen molar-refractivity contribution in [1.82, 2.24) is 0 Å². The summed E-state index contributed by atoms with van der Waals surface area (Å²) in [6, 6.07) is 0. The third kappa shape index (κ3) is 6.14. The molecule has 2 fully saturated rings. The zero-order valence-corrected chi connectivity index (χ0v) is 16.3. The van der Waals surface area contributed by atoms with Crippen LogP contribution in [0.25, 0.3) is 0 Å². The summed E-state index contributed by atoms with van der Waals surface area (Å²) in [4.78, 5) is 0.